The predicted molar refractivity (Wildman–Crippen MR) is 67.6 cm³/mol. The van der Waals surface area contributed by atoms with Crippen molar-refractivity contribution in [1.29, 1.82) is 0 Å². The lowest BCUT2D eigenvalue weighted by Gasteiger charge is -2.24. The minimum Gasteiger partial charge on any atom is -0.480 e. The first kappa shape index (κ1) is 17.2. The van der Waals surface area contributed by atoms with E-state index in [0.717, 1.165) is 4.90 Å². The molecule has 3 amide bonds. The van der Waals surface area contributed by atoms with Gasteiger partial charge in [-0.2, -0.15) is 0 Å². The maximum absolute atomic E-state index is 11.7. The summed E-state index contributed by atoms with van der Waals surface area (Å²) in [5.41, 5.74) is 0. The van der Waals surface area contributed by atoms with Crippen LogP contribution in [0.2, 0.25) is 0 Å². The van der Waals surface area contributed by atoms with Gasteiger partial charge in [0.25, 0.3) is 0 Å². The van der Waals surface area contributed by atoms with Crippen LogP contribution in [-0.2, 0) is 9.59 Å². The molecule has 0 aliphatic heterocycles. The maximum atomic E-state index is 11.7. The SMILES string of the molecule is CCN(CC)C(=O)CN(C)C(=O)N[C@@H](CO)C(=O)O. The van der Waals surface area contributed by atoms with E-state index in [0.29, 0.717) is 13.1 Å². The van der Waals surface area contributed by atoms with E-state index in [2.05, 4.69) is 5.32 Å². The van der Waals surface area contributed by atoms with Crippen LogP contribution in [0.1, 0.15) is 13.8 Å². The first-order valence-electron chi connectivity index (χ1n) is 6.00. The number of hydrogen-bond donors (Lipinski definition) is 3. The zero-order chi connectivity index (χ0) is 15.0. The van der Waals surface area contributed by atoms with Gasteiger partial charge in [0.15, 0.2) is 6.04 Å². The third kappa shape index (κ3) is 5.56. The first-order chi connectivity index (χ1) is 8.87. The molecule has 3 N–H and O–H groups in total. The van der Waals surface area contributed by atoms with Gasteiger partial charge in [0, 0.05) is 20.1 Å². The maximum Gasteiger partial charge on any atom is 0.328 e. The molecule has 1 atom stereocenters. The van der Waals surface area contributed by atoms with Gasteiger partial charge in [-0.1, -0.05) is 0 Å². The molecule has 0 aromatic rings. The molecule has 0 rings (SSSR count). The van der Waals surface area contributed by atoms with E-state index in [-0.39, 0.29) is 12.5 Å². The number of likely N-dealkylation sites (N-methyl/N-ethyl adjacent to an activating group) is 2. The summed E-state index contributed by atoms with van der Waals surface area (Å²) in [5, 5.41) is 19.6. The molecule has 110 valence electrons. The Kier molecular flexibility index (Phi) is 7.50. The summed E-state index contributed by atoms with van der Waals surface area (Å²) >= 11 is 0. The van der Waals surface area contributed by atoms with E-state index >= 15 is 0 Å². The molecule has 0 radical (unpaired) electrons. The Morgan fingerprint density at radius 1 is 1.21 bits per heavy atom. The molecule has 8 heteroatoms. The van der Waals surface area contributed by atoms with Crippen molar-refractivity contribution in [2.75, 3.05) is 33.3 Å². The van der Waals surface area contributed by atoms with Gasteiger partial charge >= 0.3 is 12.0 Å². The number of carboxylic acid groups (broad SMARTS) is 1. The Labute approximate surface area is 112 Å². The number of nitrogens with zero attached hydrogens (tertiary/aromatic N) is 2. The molecule has 8 nitrogen and oxygen atoms in total. The van der Waals surface area contributed by atoms with Crippen LogP contribution in [0.4, 0.5) is 4.79 Å². The van der Waals surface area contributed by atoms with Crippen LogP contribution < -0.4 is 5.32 Å². The molecular weight excluding hydrogens is 254 g/mol. The van der Waals surface area contributed by atoms with Gasteiger partial charge in [-0.05, 0) is 13.8 Å². The second-order valence-electron chi connectivity index (χ2n) is 3.94. The number of aliphatic hydroxyl groups excluding tert-OH is 1. The lowest BCUT2D eigenvalue weighted by Crippen LogP contribution is -2.50. The van der Waals surface area contributed by atoms with Crippen molar-refractivity contribution in [3.63, 3.8) is 0 Å². The molecule has 19 heavy (non-hydrogen) atoms. The summed E-state index contributed by atoms with van der Waals surface area (Å²) in [5.74, 6) is -1.56. The molecule has 0 spiro atoms. The zero-order valence-corrected chi connectivity index (χ0v) is 11.4. The van der Waals surface area contributed by atoms with Crippen molar-refractivity contribution in [2.45, 2.75) is 19.9 Å². The number of carboxylic acids is 1. The molecule has 0 aromatic heterocycles. The number of amides is 3. The fourth-order valence-electron chi connectivity index (χ4n) is 1.40. The second kappa shape index (κ2) is 8.30. The molecule has 0 fully saturated rings. The smallest absolute Gasteiger partial charge is 0.328 e. The highest BCUT2D eigenvalue weighted by atomic mass is 16.4. The number of hydrogen-bond acceptors (Lipinski definition) is 4. The Hall–Kier alpha value is -1.83. The first-order valence-corrected chi connectivity index (χ1v) is 6.00. The monoisotopic (exact) mass is 275 g/mol. The number of aliphatic carboxylic acids is 1. The van der Waals surface area contributed by atoms with Gasteiger partial charge in [0.05, 0.1) is 6.61 Å². The van der Waals surface area contributed by atoms with Crippen molar-refractivity contribution < 1.29 is 24.6 Å². The standard InChI is InChI=1S/C11H21N3O5/c1-4-14(5-2)9(16)6-13(3)11(19)12-8(7-15)10(17)18/h8,15H,4-7H2,1-3H3,(H,12,19)(H,17,18)/t8-/m0/s1. The van der Waals surface area contributed by atoms with Crippen molar-refractivity contribution in [3.8, 4) is 0 Å². The van der Waals surface area contributed by atoms with Gasteiger partial charge < -0.3 is 25.3 Å². The molecule has 0 aliphatic rings. The molecule has 0 aliphatic carbocycles. The molecule has 0 saturated heterocycles. The highest BCUT2D eigenvalue weighted by Gasteiger charge is 2.22. The summed E-state index contributed by atoms with van der Waals surface area (Å²) in [6, 6.07) is -2.10. The Morgan fingerprint density at radius 3 is 2.11 bits per heavy atom. The van der Waals surface area contributed by atoms with Gasteiger partial charge in [-0.15, -0.1) is 0 Å². The minimum absolute atomic E-state index is 0.148. The van der Waals surface area contributed by atoms with Crippen LogP contribution in [0.25, 0.3) is 0 Å². The van der Waals surface area contributed by atoms with E-state index in [9.17, 15) is 14.4 Å². The molecule has 0 unspecified atom stereocenters. The summed E-state index contributed by atoms with van der Waals surface area (Å²) in [4.78, 5) is 36.6. The number of urea groups is 1. The van der Waals surface area contributed by atoms with Crippen LogP contribution in [0.5, 0.6) is 0 Å². The zero-order valence-electron chi connectivity index (χ0n) is 11.4. The topological polar surface area (TPSA) is 110 Å². The van der Waals surface area contributed by atoms with E-state index in [4.69, 9.17) is 10.2 Å². The van der Waals surface area contributed by atoms with Crippen molar-refractivity contribution in [3.05, 3.63) is 0 Å². The van der Waals surface area contributed by atoms with E-state index in [1.54, 1.807) is 4.90 Å². The Bertz CT molecular complexity index is 330. The van der Waals surface area contributed by atoms with Crippen LogP contribution in [-0.4, -0.2) is 77.3 Å². The summed E-state index contributed by atoms with van der Waals surface area (Å²) < 4.78 is 0. The molecule has 0 heterocycles. The fraction of sp³-hybridized carbons (Fsp3) is 0.727. The summed E-state index contributed by atoms with van der Waals surface area (Å²) in [7, 11) is 1.38. The summed E-state index contributed by atoms with van der Waals surface area (Å²) in [6.45, 7) is 3.88. The largest absolute Gasteiger partial charge is 0.480 e. The number of carbonyl (C=O) groups excluding carboxylic acids is 2. The van der Waals surface area contributed by atoms with Crippen molar-refractivity contribution >= 4 is 17.9 Å². The lowest BCUT2D eigenvalue weighted by atomic mass is 10.3. The molecule has 0 saturated carbocycles. The van der Waals surface area contributed by atoms with Crippen LogP contribution in [0.15, 0.2) is 0 Å². The van der Waals surface area contributed by atoms with Crippen LogP contribution in [0, 0.1) is 0 Å². The van der Waals surface area contributed by atoms with Crippen LogP contribution in [0.3, 0.4) is 0 Å². The third-order valence-corrected chi connectivity index (χ3v) is 2.61. The van der Waals surface area contributed by atoms with Gasteiger partial charge in [-0.25, -0.2) is 9.59 Å². The predicted octanol–water partition coefficient (Wildman–Crippen LogP) is -1.06. The average molecular weight is 275 g/mol. The third-order valence-electron chi connectivity index (χ3n) is 2.61. The summed E-state index contributed by atoms with van der Waals surface area (Å²) in [6.07, 6.45) is 0. The number of carbonyl (C=O) groups is 3. The van der Waals surface area contributed by atoms with Gasteiger partial charge in [0.1, 0.15) is 6.54 Å². The number of nitrogens with one attached hydrogen (secondary N) is 1. The lowest BCUT2D eigenvalue weighted by molar-refractivity contribution is -0.140. The average Bonchev–Trinajstić information content (AvgIpc) is 2.36. The minimum atomic E-state index is -1.38. The highest BCUT2D eigenvalue weighted by Crippen LogP contribution is 1.94. The number of aliphatic hydroxyl groups is 1. The molecule has 0 aromatic carbocycles. The highest BCUT2D eigenvalue weighted by molar-refractivity contribution is 5.86. The van der Waals surface area contributed by atoms with Crippen LogP contribution >= 0.6 is 0 Å². The Morgan fingerprint density at radius 2 is 1.74 bits per heavy atom. The number of rotatable bonds is 7. The quantitative estimate of drug-likeness (QED) is 0.548. The van der Waals surface area contributed by atoms with Gasteiger partial charge in [-0.3, -0.25) is 4.79 Å². The molecular formula is C11H21N3O5. The van der Waals surface area contributed by atoms with E-state index < -0.39 is 24.6 Å². The van der Waals surface area contributed by atoms with Gasteiger partial charge in [0.2, 0.25) is 5.91 Å². The molecule has 0 bridgehead atoms. The van der Waals surface area contributed by atoms with E-state index in [1.807, 2.05) is 13.8 Å². The van der Waals surface area contributed by atoms with E-state index in [1.165, 1.54) is 7.05 Å². The second-order valence-corrected chi connectivity index (χ2v) is 3.94. The Balaban J connectivity index is 4.41. The fourth-order valence-corrected chi connectivity index (χ4v) is 1.40. The normalized spacial score (nSPS) is 11.6. The van der Waals surface area contributed by atoms with Crippen molar-refractivity contribution in [1.82, 2.24) is 15.1 Å². The van der Waals surface area contributed by atoms with Crippen molar-refractivity contribution in [2.24, 2.45) is 0 Å².